The highest BCUT2D eigenvalue weighted by Gasteiger charge is 2.17. The van der Waals surface area contributed by atoms with Crippen LogP contribution >= 0.6 is 15.9 Å². The van der Waals surface area contributed by atoms with Crippen molar-refractivity contribution in [1.82, 2.24) is 4.90 Å². The van der Waals surface area contributed by atoms with Crippen LogP contribution in [0, 0.1) is 0 Å². The molecule has 0 aliphatic carbocycles. The Bertz CT molecular complexity index is 515. The Morgan fingerprint density at radius 3 is 2.70 bits per heavy atom. The normalized spacial score (nSPS) is 17.2. The Labute approximate surface area is 129 Å². The van der Waals surface area contributed by atoms with Gasteiger partial charge in [0.05, 0.1) is 21.3 Å². The predicted molar refractivity (Wildman–Crippen MR) is 82.7 cm³/mol. The lowest BCUT2D eigenvalue weighted by molar-refractivity contribution is 0.0693. The summed E-state index contributed by atoms with van der Waals surface area (Å²) in [5.41, 5.74) is 0.132. The third-order valence-electron chi connectivity index (χ3n) is 3.42. The van der Waals surface area contributed by atoms with Gasteiger partial charge in [0.2, 0.25) is 0 Å². The molecule has 1 aromatic carbocycles. The number of nitrogens with zero attached hydrogens (tertiary/aromatic N) is 1. The zero-order chi connectivity index (χ0) is 14.5. The molecule has 1 unspecified atom stereocenters. The molecule has 0 amide bonds. The zero-order valence-electron chi connectivity index (χ0n) is 11.2. The average molecular weight is 360 g/mol. The van der Waals surface area contributed by atoms with Crippen molar-refractivity contribution in [3.05, 3.63) is 28.2 Å². The third-order valence-corrected chi connectivity index (χ3v) is 5.40. The van der Waals surface area contributed by atoms with Crippen LogP contribution in [0.25, 0.3) is 0 Å². The summed E-state index contributed by atoms with van der Waals surface area (Å²) in [6.45, 7) is 3.20. The van der Waals surface area contributed by atoms with Crippen LogP contribution in [0.3, 0.4) is 0 Å². The highest BCUT2D eigenvalue weighted by Crippen LogP contribution is 2.21. The number of hydrogen-bond acceptors (Lipinski definition) is 3. The van der Waals surface area contributed by atoms with Crippen LogP contribution in [0.4, 0.5) is 0 Å². The Morgan fingerprint density at radius 2 is 2.05 bits per heavy atom. The lowest BCUT2D eigenvalue weighted by atomic mass is 10.2. The second kappa shape index (κ2) is 7.33. The van der Waals surface area contributed by atoms with Gasteiger partial charge < -0.3 is 10.0 Å². The molecule has 0 spiro atoms. The minimum absolute atomic E-state index is 0.132. The number of aromatic carboxylic acids is 1. The molecule has 4 nitrogen and oxygen atoms in total. The maximum Gasteiger partial charge on any atom is 0.336 e. The van der Waals surface area contributed by atoms with E-state index in [2.05, 4.69) is 20.8 Å². The molecule has 2 rings (SSSR count). The van der Waals surface area contributed by atoms with Crippen LogP contribution in [0.1, 0.15) is 29.6 Å². The monoisotopic (exact) mass is 359 g/mol. The van der Waals surface area contributed by atoms with Gasteiger partial charge in [0.25, 0.3) is 0 Å². The number of carbonyl (C=O) groups is 1. The van der Waals surface area contributed by atoms with Crippen molar-refractivity contribution < 1.29 is 14.1 Å². The minimum Gasteiger partial charge on any atom is -0.478 e. The fourth-order valence-electron chi connectivity index (χ4n) is 2.40. The maximum absolute atomic E-state index is 12.3. The predicted octanol–water partition coefficient (Wildman–Crippen LogP) is 2.74. The van der Waals surface area contributed by atoms with E-state index >= 15 is 0 Å². The molecule has 1 aliphatic rings. The first-order chi connectivity index (χ1) is 9.58. The highest BCUT2D eigenvalue weighted by atomic mass is 79.9. The summed E-state index contributed by atoms with van der Waals surface area (Å²) in [5.74, 6) is -0.520. The van der Waals surface area contributed by atoms with E-state index in [-0.39, 0.29) is 5.56 Å². The lowest BCUT2D eigenvalue weighted by Crippen LogP contribution is -2.22. The molecule has 1 atom stereocenters. The Balaban J connectivity index is 1.97. The molecule has 1 fully saturated rings. The molecule has 1 saturated heterocycles. The number of carboxylic acids is 1. The number of carboxylic acid groups (broad SMARTS) is 1. The first-order valence-electron chi connectivity index (χ1n) is 6.71. The van der Waals surface area contributed by atoms with Crippen molar-refractivity contribution in [2.24, 2.45) is 0 Å². The molecule has 1 heterocycles. The van der Waals surface area contributed by atoms with Crippen molar-refractivity contribution in [3.63, 3.8) is 0 Å². The van der Waals surface area contributed by atoms with Crippen LogP contribution < -0.4 is 0 Å². The summed E-state index contributed by atoms with van der Waals surface area (Å²) in [6, 6.07) is 4.81. The van der Waals surface area contributed by atoms with Crippen molar-refractivity contribution in [2.75, 3.05) is 25.4 Å². The van der Waals surface area contributed by atoms with Crippen LogP contribution in [0.2, 0.25) is 0 Å². The number of likely N-dealkylation sites (tertiary alicyclic amines) is 1. The van der Waals surface area contributed by atoms with Crippen molar-refractivity contribution in [2.45, 2.75) is 24.2 Å². The van der Waals surface area contributed by atoms with Gasteiger partial charge in [0.15, 0.2) is 0 Å². The van der Waals surface area contributed by atoms with Crippen LogP contribution in [0.5, 0.6) is 0 Å². The van der Waals surface area contributed by atoms with Gasteiger partial charge in [-0.25, -0.2) is 4.79 Å². The van der Waals surface area contributed by atoms with Gasteiger partial charge in [0, 0.05) is 10.2 Å². The maximum atomic E-state index is 12.3. The summed E-state index contributed by atoms with van der Waals surface area (Å²) in [5, 5.41) is 9.15. The van der Waals surface area contributed by atoms with E-state index in [4.69, 9.17) is 5.11 Å². The summed E-state index contributed by atoms with van der Waals surface area (Å²) in [6.07, 6.45) is 3.33. The molecule has 110 valence electrons. The van der Waals surface area contributed by atoms with Crippen LogP contribution in [-0.4, -0.2) is 45.6 Å². The van der Waals surface area contributed by atoms with Gasteiger partial charge in [-0.2, -0.15) is 0 Å². The van der Waals surface area contributed by atoms with Gasteiger partial charge in [0.1, 0.15) is 0 Å². The van der Waals surface area contributed by atoms with E-state index in [1.54, 1.807) is 12.1 Å². The van der Waals surface area contributed by atoms with E-state index in [9.17, 15) is 9.00 Å². The van der Waals surface area contributed by atoms with E-state index in [1.807, 2.05) is 0 Å². The Morgan fingerprint density at radius 1 is 1.35 bits per heavy atom. The lowest BCUT2D eigenvalue weighted by Gasteiger charge is -2.14. The number of rotatable bonds is 6. The minimum atomic E-state index is -1.26. The molecular weight excluding hydrogens is 342 g/mol. The second-order valence-corrected chi connectivity index (χ2v) is 7.35. The Hall–Kier alpha value is -0.720. The van der Waals surface area contributed by atoms with E-state index in [0.29, 0.717) is 10.6 Å². The summed E-state index contributed by atoms with van der Waals surface area (Å²) >= 11 is 3.30. The van der Waals surface area contributed by atoms with Gasteiger partial charge >= 0.3 is 5.97 Å². The first-order valence-corrected chi connectivity index (χ1v) is 8.82. The topological polar surface area (TPSA) is 57.6 Å². The number of hydrogen-bond donors (Lipinski definition) is 1. The van der Waals surface area contributed by atoms with E-state index in [0.717, 1.165) is 30.5 Å². The second-order valence-electron chi connectivity index (χ2n) is 4.90. The summed E-state index contributed by atoms with van der Waals surface area (Å²) in [7, 11) is -1.26. The van der Waals surface area contributed by atoms with Crippen LogP contribution in [-0.2, 0) is 10.8 Å². The fourth-order valence-corrected chi connectivity index (χ4v) is 4.18. The van der Waals surface area contributed by atoms with Gasteiger partial charge in [-0.3, -0.25) is 4.21 Å². The molecule has 1 aliphatic heterocycles. The van der Waals surface area contributed by atoms with E-state index in [1.165, 1.54) is 18.9 Å². The number of halogens is 1. The average Bonchev–Trinajstić information content (AvgIpc) is 2.91. The van der Waals surface area contributed by atoms with Crippen molar-refractivity contribution in [1.29, 1.82) is 0 Å². The smallest absolute Gasteiger partial charge is 0.336 e. The van der Waals surface area contributed by atoms with Crippen molar-refractivity contribution >= 4 is 32.7 Å². The van der Waals surface area contributed by atoms with Crippen LogP contribution in [0.15, 0.2) is 27.6 Å². The molecule has 1 N–H and O–H groups in total. The van der Waals surface area contributed by atoms with Gasteiger partial charge in [-0.05, 0) is 57.1 Å². The molecule has 0 bridgehead atoms. The van der Waals surface area contributed by atoms with Gasteiger partial charge in [-0.15, -0.1) is 0 Å². The molecule has 0 aromatic heterocycles. The summed E-state index contributed by atoms with van der Waals surface area (Å²) < 4.78 is 13.1. The van der Waals surface area contributed by atoms with E-state index < -0.39 is 16.8 Å². The molecule has 20 heavy (non-hydrogen) atoms. The fraction of sp³-hybridized carbons (Fsp3) is 0.500. The first kappa shape index (κ1) is 15.7. The zero-order valence-corrected chi connectivity index (χ0v) is 13.6. The molecule has 6 heteroatoms. The Kier molecular flexibility index (Phi) is 5.74. The molecule has 0 saturated carbocycles. The summed E-state index contributed by atoms with van der Waals surface area (Å²) in [4.78, 5) is 13.9. The number of benzene rings is 1. The van der Waals surface area contributed by atoms with Gasteiger partial charge in [-0.1, -0.05) is 15.9 Å². The highest BCUT2D eigenvalue weighted by molar-refractivity contribution is 9.10. The quantitative estimate of drug-likeness (QED) is 0.848. The largest absolute Gasteiger partial charge is 0.478 e. The standard InChI is InChI=1S/C14H18BrNO3S/c15-11-4-5-12(14(17)18)13(10-11)20(19)9-3-8-16-6-1-2-7-16/h4-5,10H,1-3,6-9H2,(H,17,18). The molecular formula is C14H18BrNO3S. The molecule has 0 radical (unpaired) electrons. The third kappa shape index (κ3) is 4.14. The molecule has 1 aromatic rings. The SMILES string of the molecule is O=C(O)c1ccc(Br)cc1S(=O)CCCN1CCCC1. The van der Waals surface area contributed by atoms with Crippen molar-refractivity contribution in [3.8, 4) is 0 Å².